The maximum Gasteiger partial charge on any atom is 0.186 e. The number of fused-ring (bicyclic) bond motifs is 1. The highest BCUT2D eigenvalue weighted by molar-refractivity contribution is 4.93. The van der Waals surface area contributed by atoms with Crippen molar-refractivity contribution in [1.82, 2.24) is 0 Å². The molecule has 0 aromatic rings. The second-order valence-electron chi connectivity index (χ2n) is 4.55. The Morgan fingerprint density at radius 2 is 1.94 bits per heavy atom. The van der Waals surface area contributed by atoms with E-state index in [2.05, 4.69) is 0 Å². The molecule has 0 aliphatic carbocycles. The zero-order chi connectivity index (χ0) is 11.9. The summed E-state index contributed by atoms with van der Waals surface area (Å²) < 4.78 is 21.3. The van der Waals surface area contributed by atoms with Gasteiger partial charge in [-0.05, 0) is 13.8 Å². The Kier molecular flexibility index (Phi) is 3.22. The molecule has 2 fully saturated rings. The summed E-state index contributed by atoms with van der Waals surface area (Å²) in [5.41, 5.74) is 0. The summed E-state index contributed by atoms with van der Waals surface area (Å²) in [5, 5.41) is 19.6. The van der Waals surface area contributed by atoms with E-state index in [0.29, 0.717) is 6.61 Å². The largest absolute Gasteiger partial charge is 0.387 e. The lowest BCUT2D eigenvalue weighted by Gasteiger charge is -2.48. The minimum atomic E-state index is -1.11. The highest BCUT2D eigenvalue weighted by Crippen LogP contribution is 2.32. The third kappa shape index (κ3) is 2.09. The first-order valence-corrected chi connectivity index (χ1v) is 5.31. The Morgan fingerprint density at radius 3 is 2.56 bits per heavy atom. The van der Waals surface area contributed by atoms with Crippen molar-refractivity contribution in [3.05, 3.63) is 0 Å². The molecule has 2 aliphatic heterocycles. The molecule has 0 bridgehead atoms. The molecule has 0 radical (unpaired) electrons. The highest BCUT2D eigenvalue weighted by atomic mass is 16.8. The zero-order valence-corrected chi connectivity index (χ0v) is 9.62. The summed E-state index contributed by atoms with van der Waals surface area (Å²) in [5.74, 6) is -0.773. The van der Waals surface area contributed by atoms with Crippen LogP contribution in [0.4, 0.5) is 0 Å². The minimum Gasteiger partial charge on any atom is -0.387 e. The van der Waals surface area contributed by atoms with Gasteiger partial charge >= 0.3 is 0 Å². The first-order chi connectivity index (χ1) is 7.44. The van der Waals surface area contributed by atoms with Crippen LogP contribution in [0.25, 0.3) is 0 Å². The van der Waals surface area contributed by atoms with Gasteiger partial charge in [-0.3, -0.25) is 0 Å². The van der Waals surface area contributed by atoms with E-state index < -0.39 is 36.5 Å². The Bertz CT molecular complexity index is 254. The van der Waals surface area contributed by atoms with E-state index in [0.717, 1.165) is 0 Å². The maximum absolute atomic E-state index is 9.92. The summed E-state index contributed by atoms with van der Waals surface area (Å²) in [6.45, 7) is 3.82. The highest BCUT2D eigenvalue weighted by Gasteiger charge is 2.50. The van der Waals surface area contributed by atoms with Crippen molar-refractivity contribution in [3.8, 4) is 0 Å². The monoisotopic (exact) mass is 234 g/mol. The van der Waals surface area contributed by atoms with Crippen molar-refractivity contribution in [2.75, 3.05) is 13.7 Å². The fourth-order valence-electron chi connectivity index (χ4n) is 2.02. The number of rotatable bonds is 1. The number of aliphatic hydroxyl groups is 2. The predicted molar refractivity (Wildman–Crippen MR) is 52.6 cm³/mol. The van der Waals surface area contributed by atoms with Crippen LogP contribution in [0.5, 0.6) is 0 Å². The van der Waals surface area contributed by atoms with Crippen LogP contribution in [0.2, 0.25) is 0 Å². The summed E-state index contributed by atoms with van der Waals surface area (Å²) in [6.07, 6.45) is -4.00. The standard InChI is InChI=1S/C10H18O6/c1-10(2)14-4-5-8(16-10)6(11)7(12)9(13-3)15-5/h5-9,11-12H,4H2,1-3H3/t5-,6+,7-,8-,9+/m1/s1. The van der Waals surface area contributed by atoms with Gasteiger partial charge in [0.1, 0.15) is 24.4 Å². The molecular formula is C10H18O6. The van der Waals surface area contributed by atoms with Crippen molar-refractivity contribution in [2.45, 2.75) is 50.3 Å². The van der Waals surface area contributed by atoms with Crippen molar-refractivity contribution < 1.29 is 29.2 Å². The van der Waals surface area contributed by atoms with Gasteiger partial charge in [-0.1, -0.05) is 0 Å². The smallest absolute Gasteiger partial charge is 0.186 e. The van der Waals surface area contributed by atoms with Gasteiger partial charge in [0.05, 0.1) is 6.61 Å². The fourth-order valence-corrected chi connectivity index (χ4v) is 2.02. The van der Waals surface area contributed by atoms with Gasteiger partial charge in [0.2, 0.25) is 0 Å². The predicted octanol–water partition coefficient (Wildman–Crippen LogP) is -0.769. The van der Waals surface area contributed by atoms with Gasteiger partial charge in [-0.2, -0.15) is 0 Å². The van der Waals surface area contributed by atoms with Crippen LogP contribution in [-0.4, -0.2) is 60.4 Å². The Labute approximate surface area is 94.1 Å². The van der Waals surface area contributed by atoms with Gasteiger partial charge < -0.3 is 29.2 Å². The first-order valence-electron chi connectivity index (χ1n) is 5.31. The average Bonchev–Trinajstić information content (AvgIpc) is 2.23. The molecule has 5 atom stereocenters. The third-order valence-electron chi connectivity index (χ3n) is 2.89. The van der Waals surface area contributed by atoms with Gasteiger partial charge in [0, 0.05) is 7.11 Å². The van der Waals surface area contributed by atoms with E-state index in [-0.39, 0.29) is 0 Å². The van der Waals surface area contributed by atoms with Crippen molar-refractivity contribution in [1.29, 1.82) is 0 Å². The average molecular weight is 234 g/mol. The van der Waals surface area contributed by atoms with Crippen LogP contribution in [0, 0.1) is 0 Å². The zero-order valence-electron chi connectivity index (χ0n) is 9.62. The van der Waals surface area contributed by atoms with Gasteiger partial charge in [-0.25, -0.2) is 0 Å². The second kappa shape index (κ2) is 4.21. The number of ether oxygens (including phenoxy) is 4. The molecule has 2 aliphatic rings. The van der Waals surface area contributed by atoms with Gasteiger partial charge in [-0.15, -0.1) is 0 Å². The third-order valence-corrected chi connectivity index (χ3v) is 2.89. The molecule has 0 amide bonds. The van der Waals surface area contributed by atoms with E-state index >= 15 is 0 Å². The Balaban J connectivity index is 2.11. The molecule has 16 heavy (non-hydrogen) atoms. The fraction of sp³-hybridized carbons (Fsp3) is 1.00. The second-order valence-corrected chi connectivity index (χ2v) is 4.55. The number of hydrogen-bond donors (Lipinski definition) is 2. The lowest BCUT2D eigenvalue weighted by Crippen LogP contribution is -2.64. The Morgan fingerprint density at radius 1 is 1.25 bits per heavy atom. The van der Waals surface area contributed by atoms with Crippen LogP contribution in [0.1, 0.15) is 13.8 Å². The molecule has 0 aromatic heterocycles. The maximum atomic E-state index is 9.92. The molecule has 2 heterocycles. The lowest BCUT2D eigenvalue weighted by atomic mass is 9.97. The van der Waals surface area contributed by atoms with E-state index in [1.165, 1.54) is 7.11 Å². The molecule has 2 saturated heterocycles. The summed E-state index contributed by atoms with van der Waals surface area (Å²) in [7, 11) is 1.41. The quantitative estimate of drug-likeness (QED) is 0.620. The number of aliphatic hydroxyl groups excluding tert-OH is 2. The van der Waals surface area contributed by atoms with Crippen LogP contribution in [0.3, 0.4) is 0 Å². The minimum absolute atomic E-state index is 0.307. The van der Waals surface area contributed by atoms with Crippen molar-refractivity contribution in [3.63, 3.8) is 0 Å². The molecule has 0 saturated carbocycles. The molecule has 0 aromatic carbocycles. The van der Waals surface area contributed by atoms with Gasteiger partial charge in [0.15, 0.2) is 12.1 Å². The van der Waals surface area contributed by atoms with Crippen LogP contribution < -0.4 is 0 Å². The van der Waals surface area contributed by atoms with Crippen LogP contribution in [-0.2, 0) is 18.9 Å². The molecule has 94 valence electrons. The van der Waals surface area contributed by atoms with Crippen molar-refractivity contribution in [2.24, 2.45) is 0 Å². The molecule has 0 unspecified atom stereocenters. The normalized spacial score (nSPS) is 47.4. The van der Waals surface area contributed by atoms with Gasteiger partial charge in [0.25, 0.3) is 0 Å². The Hall–Kier alpha value is -0.240. The number of hydrogen-bond acceptors (Lipinski definition) is 6. The van der Waals surface area contributed by atoms with E-state index in [4.69, 9.17) is 18.9 Å². The van der Waals surface area contributed by atoms with Crippen LogP contribution >= 0.6 is 0 Å². The molecule has 6 nitrogen and oxygen atoms in total. The lowest BCUT2D eigenvalue weighted by molar-refractivity contribution is -0.379. The first kappa shape index (κ1) is 12.2. The molecule has 2 rings (SSSR count). The molecule has 0 spiro atoms. The van der Waals surface area contributed by atoms with E-state index in [1.807, 2.05) is 0 Å². The van der Waals surface area contributed by atoms with E-state index in [1.54, 1.807) is 13.8 Å². The summed E-state index contributed by atoms with van der Waals surface area (Å²) in [6, 6.07) is 0. The molecule has 6 heteroatoms. The topological polar surface area (TPSA) is 77.4 Å². The van der Waals surface area contributed by atoms with Crippen molar-refractivity contribution >= 4 is 0 Å². The summed E-state index contributed by atoms with van der Waals surface area (Å²) >= 11 is 0. The van der Waals surface area contributed by atoms with Crippen LogP contribution in [0.15, 0.2) is 0 Å². The molecule has 2 N–H and O–H groups in total. The summed E-state index contributed by atoms with van der Waals surface area (Å²) in [4.78, 5) is 0. The SMILES string of the molecule is CO[C@H]1O[C@@H]2COC(C)(C)O[C@H]2[C@@H](O)[C@H]1O. The molecular weight excluding hydrogens is 216 g/mol. The number of methoxy groups -OCH3 is 1. The van der Waals surface area contributed by atoms with E-state index in [9.17, 15) is 10.2 Å².